The predicted octanol–water partition coefficient (Wildman–Crippen LogP) is 3.01. The van der Waals surface area contributed by atoms with E-state index in [1.54, 1.807) is 28.9 Å². The van der Waals surface area contributed by atoms with Crippen molar-refractivity contribution in [2.75, 3.05) is 32.8 Å². The molecule has 0 aromatic carbocycles. The number of nitrogens with zero attached hydrogens (tertiary/aromatic N) is 3. The molecule has 1 spiro atoms. The molecule has 7 atom stereocenters. The predicted molar refractivity (Wildman–Crippen MR) is 144 cm³/mol. The summed E-state index contributed by atoms with van der Waals surface area (Å²) in [6.07, 6.45) is 7.58. The van der Waals surface area contributed by atoms with Gasteiger partial charge in [-0.05, 0) is 39.0 Å². The van der Waals surface area contributed by atoms with E-state index in [9.17, 15) is 19.5 Å². The Kier molecular flexibility index (Phi) is 9.27. The molecule has 3 rings (SSSR count). The van der Waals surface area contributed by atoms with Gasteiger partial charge >= 0.3 is 0 Å². The molecule has 3 unspecified atom stereocenters. The number of unbranched alkanes of at least 4 members (excludes halogenated alkanes) is 2. The lowest BCUT2D eigenvalue weighted by atomic mass is 9.62. The van der Waals surface area contributed by atoms with Gasteiger partial charge in [-0.15, -0.1) is 13.2 Å². The highest BCUT2D eigenvalue weighted by Crippen LogP contribution is 2.65. The Hall–Kier alpha value is -2.19. The van der Waals surface area contributed by atoms with Crippen molar-refractivity contribution in [2.45, 2.75) is 90.0 Å². The summed E-state index contributed by atoms with van der Waals surface area (Å²) in [5.74, 6) is -2.06. The summed E-state index contributed by atoms with van der Waals surface area (Å²) >= 11 is 0. The van der Waals surface area contributed by atoms with E-state index >= 15 is 0 Å². The first-order chi connectivity index (χ1) is 17.6. The summed E-state index contributed by atoms with van der Waals surface area (Å²) < 4.78 is 6.82. The number of hydrogen-bond donors (Lipinski definition) is 1. The smallest absolute Gasteiger partial charge is 0.248 e. The zero-order valence-corrected chi connectivity index (χ0v) is 23.4. The number of amides is 3. The molecule has 3 saturated heterocycles. The minimum Gasteiger partial charge on any atom is -0.394 e. The zero-order chi connectivity index (χ0) is 27.5. The Balaban J connectivity index is 2.10. The Bertz CT molecular complexity index is 893. The average Bonchev–Trinajstić information content (AvgIpc) is 3.38. The lowest BCUT2D eigenvalue weighted by Gasteiger charge is -2.39. The molecule has 3 aliphatic heterocycles. The molecule has 1 N–H and O–H groups in total. The molecule has 0 radical (unpaired) electrons. The van der Waals surface area contributed by atoms with Crippen molar-refractivity contribution >= 4 is 17.7 Å². The summed E-state index contributed by atoms with van der Waals surface area (Å²) in [5.41, 5.74) is -1.97. The SMILES string of the molecule is C=CCN(CCCCC)C(=O)C1N([C@H](C)CO)C(=O)[C@@H]2[C@@H](C(=O)N(CC=C)CCC)[C@]3(C)OC12CC3C. The highest BCUT2D eigenvalue weighted by atomic mass is 16.5. The van der Waals surface area contributed by atoms with Gasteiger partial charge in [-0.1, -0.05) is 45.8 Å². The number of hydrogen-bond acceptors (Lipinski definition) is 5. The maximum absolute atomic E-state index is 14.3. The first-order valence-corrected chi connectivity index (χ1v) is 14.0. The fraction of sp³-hybridized carbons (Fsp3) is 0.759. The molecule has 8 heteroatoms. The minimum atomic E-state index is -1.11. The van der Waals surface area contributed by atoms with E-state index in [1.807, 2.05) is 13.8 Å². The maximum atomic E-state index is 14.3. The molecular weight excluding hydrogens is 470 g/mol. The minimum absolute atomic E-state index is 0.0228. The van der Waals surface area contributed by atoms with Crippen molar-refractivity contribution in [3.63, 3.8) is 0 Å². The first kappa shape index (κ1) is 29.4. The van der Waals surface area contributed by atoms with Gasteiger partial charge in [0.1, 0.15) is 11.6 Å². The molecule has 3 aliphatic rings. The number of fused-ring (bicyclic) bond motifs is 1. The second-order valence-electron chi connectivity index (χ2n) is 11.3. The Labute approximate surface area is 222 Å². The summed E-state index contributed by atoms with van der Waals surface area (Å²) in [4.78, 5) is 47.5. The van der Waals surface area contributed by atoms with Crippen LogP contribution in [0.4, 0.5) is 0 Å². The van der Waals surface area contributed by atoms with Crippen LogP contribution in [-0.4, -0.2) is 93.6 Å². The molecule has 8 nitrogen and oxygen atoms in total. The van der Waals surface area contributed by atoms with E-state index in [0.717, 1.165) is 25.7 Å². The van der Waals surface area contributed by atoms with Gasteiger partial charge in [-0.25, -0.2) is 0 Å². The van der Waals surface area contributed by atoms with Gasteiger partial charge in [-0.2, -0.15) is 0 Å². The molecule has 0 aliphatic carbocycles. The summed E-state index contributed by atoms with van der Waals surface area (Å²) in [7, 11) is 0. The number of carbonyl (C=O) groups excluding carboxylic acids is 3. The van der Waals surface area contributed by atoms with Crippen molar-refractivity contribution < 1.29 is 24.2 Å². The van der Waals surface area contributed by atoms with Crippen molar-refractivity contribution in [3.8, 4) is 0 Å². The highest BCUT2D eigenvalue weighted by Gasteiger charge is 2.80. The first-order valence-electron chi connectivity index (χ1n) is 14.0. The maximum Gasteiger partial charge on any atom is 0.248 e. The number of aliphatic hydroxyl groups is 1. The van der Waals surface area contributed by atoms with Crippen LogP contribution < -0.4 is 0 Å². The molecule has 3 heterocycles. The van der Waals surface area contributed by atoms with Crippen molar-refractivity contribution in [1.29, 1.82) is 0 Å². The van der Waals surface area contributed by atoms with Crippen molar-refractivity contribution in [3.05, 3.63) is 25.3 Å². The normalized spacial score (nSPS) is 32.8. The Morgan fingerprint density at radius 1 is 1.14 bits per heavy atom. The number of ether oxygens (including phenoxy) is 1. The van der Waals surface area contributed by atoms with Crippen LogP contribution in [0.1, 0.15) is 66.7 Å². The molecule has 2 bridgehead atoms. The Morgan fingerprint density at radius 3 is 2.30 bits per heavy atom. The topological polar surface area (TPSA) is 90.4 Å². The second kappa shape index (κ2) is 11.7. The third kappa shape index (κ3) is 4.76. The van der Waals surface area contributed by atoms with Crippen LogP contribution in [-0.2, 0) is 19.1 Å². The van der Waals surface area contributed by atoms with Crippen LogP contribution in [0.15, 0.2) is 25.3 Å². The van der Waals surface area contributed by atoms with Gasteiger partial charge in [0.2, 0.25) is 17.7 Å². The van der Waals surface area contributed by atoms with Crippen LogP contribution in [0, 0.1) is 17.8 Å². The molecule has 3 fully saturated rings. The highest BCUT2D eigenvalue weighted by molar-refractivity contribution is 5.99. The largest absolute Gasteiger partial charge is 0.394 e. The van der Waals surface area contributed by atoms with E-state index in [4.69, 9.17) is 4.74 Å². The van der Waals surface area contributed by atoms with Crippen LogP contribution in [0.3, 0.4) is 0 Å². The molecule has 0 saturated carbocycles. The van der Waals surface area contributed by atoms with E-state index in [0.29, 0.717) is 32.6 Å². The molecular formula is C29H47N3O5. The summed E-state index contributed by atoms with van der Waals surface area (Å²) in [6, 6.07) is -1.47. The van der Waals surface area contributed by atoms with Crippen molar-refractivity contribution in [2.24, 2.45) is 17.8 Å². The van der Waals surface area contributed by atoms with Gasteiger partial charge in [0.05, 0.1) is 30.1 Å². The fourth-order valence-corrected chi connectivity index (χ4v) is 6.98. The van der Waals surface area contributed by atoms with Gasteiger partial charge in [0.15, 0.2) is 0 Å². The van der Waals surface area contributed by atoms with Crippen LogP contribution in [0.25, 0.3) is 0 Å². The molecule has 37 heavy (non-hydrogen) atoms. The third-order valence-corrected chi connectivity index (χ3v) is 8.84. The standard InChI is InChI=1S/C29H47N3O5/c1-8-12-13-17-31(16-11-4)27(36)24-29-18-20(5)28(7,37-29)22(25(34)30(14-9-2)15-10-3)23(29)26(35)32(24)21(6)19-33/h9,11,20-24,33H,2,4,8,10,12-19H2,1,3,5-7H3/t20?,21-,22+,23+,24?,28-,29?/m1/s1. The van der Waals surface area contributed by atoms with E-state index in [1.165, 1.54) is 4.90 Å². The quantitative estimate of drug-likeness (QED) is 0.283. The lowest BCUT2D eigenvalue weighted by molar-refractivity contribution is -0.157. The number of likely N-dealkylation sites (tertiary alicyclic amines) is 1. The third-order valence-electron chi connectivity index (χ3n) is 8.84. The van der Waals surface area contributed by atoms with Gasteiger partial charge in [-0.3, -0.25) is 14.4 Å². The zero-order valence-electron chi connectivity index (χ0n) is 23.4. The summed E-state index contributed by atoms with van der Waals surface area (Å²) in [5, 5.41) is 10.1. The molecule has 208 valence electrons. The van der Waals surface area contributed by atoms with Gasteiger partial charge in [0.25, 0.3) is 0 Å². The lowest BCUT2D eigenvalue weighted by Crippen LogP contribution is -2.58. The van der Waals surface area contributed by atoms with Crippen molar-refractivity contribution in [1.82, 2.24) is 14.7 Å². The monoisotopic (exact) mass is 517 g/mol. The number of carbonyl (C=O) groups is 3. The fourth-order valence-electron chi connectivity index (χ4n) is 6.98. The second-order valence-corrected chi connectivity index (χ2v) is 11.3. The van der Waals surface area contributed by atoms with E-state index in [2.05, 4.69) is 27.0 Å². The van der Waals surface area contributed by atoms with Crippen LogP contribution in [0.5, 0.6) is 0 Å². The number of aliphatic hydroxyl groups excluding tert-OH is 1. The molecule has 0 aromatic heterocycles. The molecule has 3 amide bonds. The van der Waals surface area contributed by atoms with Gasteiger partial charge in [0, 0.05) is 26.2 Å². The van der Waals surface area contributed by atoms with Gasteiger partial charge < -0.3 is 24.5 Å². The van der Waals surface area contributed by atoms with E-state index in [-0.39, 0.29) is 30.2 Å². The summed E-state index contributed by atoms with van der Waals surface area (Å²) in [6.45, 7) is 19.1. The number of rotatable bonds is 14. The average molecular weight is 518 g/mol. The van der Waals surface area contributed by atoms with E-state index < -0.39 is 35.1 Å². The molecule has 0 aromatic rings. The van der Waals surface area contributed by atoms with Crippen LogP contribution >= 0.6 is 0 Å². The Morgan fingerprint density at radius 2 is 1.76 bits per heavy atom. The van der Waals surface area contributed by atoms with Crippen LogP contribution in [0.2, 0.25) is 0 Å².